The van der Waals surface area contributed by atoms with Crippen molar-refractivity contribution in [1.82, 2.24) is 4.98 Å². The quantitative estimate of drug-likeness (QED) is 0.455. The van der Waals surface area contributed by atoms with Crippen molar-refractivity contribution in [2.45, 2.75) is 4.90 Å². The van der Waals surface area contributed by atoms with Crippen molar-refractivity contribution in [3.05, 3.63) is 18.5 Å². The fraction of sp³-hybridized carbons (Fsp3) is 0. The molecule has 13 heavy (non-hydrogen) atoms. The zero-order valence-electron chi connectivity index (χ0n) is 6.45. The summed E-state index contributed by atoms with van der Waals surface area (Å²) in [5.41, 5.74) is -0.231. The van der Waals surface area contributed by atoms with Crippen molar-refractivity contribution < 1.29 is 18.5 Å². The number of nitrogens with two attached hydrogens (primary N) is 1. The van der Waals surface area contributed by atoms with Crippen molar-refractivity contribution in [3.63, 3.8) is 0 Å². The van der Waals surface area contributed by atoms with Crippen molar-refractivity contribution in [2.75, 3.05) is 0 Å². The topological polar surface area (TPSA) is 114 Å². The van der Waals surface area contributed by atoms with Crippen LogP contribution in [-0.2, 0) is 10.0 Å². The molecule has 6 nitrogen and oxygen atoms in total. The van der Waals surface area contributed by atoms with Gasteiger partial charge in [0.25, 0.3) is 0 Å². The number of hydrogen-bond acceptors (Lipinski definition) is 5. The average molecular weight is 202 g/mol. The van der Waals surface area contributed by atoms with E-state index in [9.17, 15) is 8.42 Å². The van der Waals surface area contributed by atoms with E-state index in [0.717, 1.165) is 12.3 Å². The van der Waals surface area contributed by atoms with Crippen LogP contribution in [-0.4, -0.2) is 30.6 Å². The highest BCUT2D eigenvalue weighted by Crippen LogP contribution is 2.00. The molecule has 1 aromatic rings. The summed E-state index contributed by atoms with van der Waals surface area (Å²) in [7, 11) is -5.84. The summed E-state index contributed by atoms with van der Waals surface area (Å²) in [6, 6.07) is 1.10. The molecule has 0 saturated heterocycles. The van der Waals surface area contributed by atoms with Gasteiger partial charge in [0.1, 0.15) is 0 Å². The van der Waals surface area contributed by atoms with Crippen LogP contribution in [0.3, 0.4) is 0 Å². The highest BCUT2D eigenvalue weighted by Gasteiger charge is 2.21. The Bertz CT molecular complexity index is 405. The van der Waals surface area contributed by atoms with Gasteiger partial charge in [-0.25, -0.2) is 13.6 Å². The van der Waals surface area contributed by atoms with Crippen LogP contribution in [0.5, 0.6) is 0 Å². The van der Waals surface area contributed by atoms with Gasteiger partial charge < -0.3 is 10.0 Å². The number of hydrogen-bond donors (Lipinski definition) is 3. The number of aromatic nitrogens is 1. The first-order chi connectivity index (χ1) is 5.93. The van der Waals surface area contributed by atoms with E-state index >= 15 is 0 Å². The summed E-state index contributed by atoms with van der Waals surface area (Å²) < 4.78 is 21.8. The van der Waals surface area contributed by atoms with Crippen LogP contribution >= 0.6 is 0 Å². The molecule has 0 aliphatic rings. The normalized spacial score (nSPS) is 11.3. The Morgan fingerprint density at radius 2 is 2.08 bits per heavy atom. The Labute approximate surface area is 75.2 Å². The zero-order valence-corrected chi connectivity index (χ0v) is 7.27. The van der Waals surface area contributed by atoms with E-state index in [-0.39, 0.29) is 10.4 Å². The highest BCUT2D eigenvalue weighted by molar-refractivity contribution is 7.89. The van der Waals surface area contributed by atoms with Gasteiger partial charge >= 0.3 is 7.12 Å². The van der Waals surface area contributed by atoms with Crippen LogP contribution in [0.2, 0.25) is 0 Å². The molecule has 0 atom stereocenters. The first kappa shape index (κ1) is 10.1. The van der Waals surface area contributed by atoms with Gasteiger partial charge in [-0.15, -0.1) is 0 Å². The van der Waals surface area contributed by atoms with Crippen LogP contribution < -0.4 is 10.6 Å². The lowest BCUT2D eigenvalue weighted by Crippen LogP contribution is -2.36. The van der Waals surface area contributed by atoms with Gasteiger partial charge in [0.2, 0.25) is 10.0 Å². The van der Waals surface area contributed by atoms with E-state index in [0.29, 0.717) is 0 Å². The van der Waals surface area contributed by atoms with Crippen LogP contribution in [0.15, 0.2) is 23.4 Å². The van der Waals surface area contributed by atoms with Gasteiger partial charge in [-0.2, -0.15) is 0 Å². The SMILES string of the molecule is NS(=O)(=O)c1ccncc1B(O)O. The van der Waals surface area contributed by atoms with Crippen LogP contribution in [0, 0.1) is 0 Å². The molecule has 0 aliphatic carbocycles. The Hall–Kier alpha value is -0.955. The third kappa shape index (κ3) is 2.25. The minimum atomic E-state index is -3.94. The largest absolute Gasteiger partial charge is 0.491 e. The third-order valence-electron chi connectivity index (χ3n) is 1.39. The van der Waals surface area contributed by atoms with Crippen LogP contribution in [0.4, 0.5) is 0 Å². The molecule has 0 fully saturated rings. The van der Waals surface area contributed by atoms with E-state index < -0.39 is 17.1 Å². The Morgan fingerprint density at radius 1 is 1.46 bits per heavy atom. The third-order valence-corrected chi connectivity index (χ3v) is 2.38. The molecule has 1 heterocycles. The second kappa shape index (κ2) is 3.42. The molecule has 0 saturated carbocycles. The molecule has 0 bridgehead atoms. The second-order valence-electron chi connectivity index (χ2n) is 2.33. The summed E-state index contributed by atoms with van der Waals surface area (Å²) in [6.45, 7) is 0. The van der Waals surface area contributed by atoms with Gasteiger partial charge in [0.15, 0.2) is 0 Å². The van der Waals surface area contributed by atoms with Gasteiger partial charge in [0, 0.05) is 17.9 Å². The Kier molecular flexibility index (Phi) is 2.67. The van der Waals surface area contributed by atoms with Crippen molar-refractivity contribution in [1.29, 1.82) is 0 Å². The van der Waals surface area contributed by atoms with E-state index in [1.54, 1.807) is 0 Å². The van der Waals surface area contributed by atoms with Gasteiger partial charge in [-0.1, -0.05) is 0 Å². The lowest BCUT2D eigenvalue weighted by molar-refractivity contribution is 0.424. The number of nitrogens with zero attached hydrogens (tertiary/aromatic N) is 1. The average Bonchev–Trinajstić information content (AvgIpc) is 2.03. The van der Waals surface area contributed by atoms with Crippen molar-refractivity contribution in [2.24, 2.45) is 5.14 Å². The number of sulfonamides is 1. The van der Waals surface area contributed by atoms with E-state index in [4.69, 9.17) is 15.2 Å². The predicted molar refractivity (Wildman–Crippen MR) is 45.4 cm³/mol. The number of primary sulfonamides is 1. The first-order valence-electron chi connectivity index (χ1n) is 3.26. The number of rotatable bonds is 2. The molecular formula is C5H7BN2O4S. The fourth-order valence-electron chi connectivity index (χ4n) is 0.847. The standard InChI is InChI=1S/C5H7BN2O4S/c7-13(11,12)5-1-2-8-3-4(5)6(9)10/h1-3,9-10H,(H2,7,11,12). The van der Waals surface area contributed by atoms with Gasteiger partial charge in [-0.3, -0.25) is 4.98 Å². The summed E-state index contributed by atoms with van der Waals surface area (Å²) in [5.74, 6) is 0. The maximum Gasteiger partial charge on any atom is 0.491 e. The molecule has 0 amide bonds. The van der Waals surface area contributed by atoms with Crippen LogP contribution in [0.25, 0.3) is 0 Å². The summed E-state index contributed by atoms with van der Waals surface area (Å²) in [6.07, 6.45) is 2.23. The smallest absolute Gasteiger partial charge is 0.423 e. The molecular weight excluding hydrogens is 195 g/mol. The fourth-order valence-corrected chi connectivity index (χ4v) is 1.58. The molecule has 1 aromatic heterocycles. The minimum absolute atomic E-state index is 0.231. The maximum atomic E-state index is 10.9. The molecule has 0 aromatic carbocycles. The first-order valence-corrected chi connectivity index (χ1v) is 4.80. The molecule has 70 valence electrons. The van der Waals surface area contributed by atoms with Gasteiger partial charge in [-0.05, 0) is 6.07 Å². The summed E-state index contributed by atoms with van der Waals surface area (Å²) in [5, 5.41) is 22.3. The van der Waals surface area contributed by atoms with E-state index in [1.807, 2.05) is 0 Å². The predicted octanol–water partition coefficient (Wildman–Crippen LogP) is -2.59. The second-order valence-corrected chi connectivity index (χ2v) is 3.86. The molecule has 8 heteroatoms. The molecule has 1 rings (SSSR count). The molecule has 0 aliphatic heterocycles. The highest BCUT2D eigenvalue weighted by atomic mass is 32.2. The van der Waals surface area contributed by atoms with Crippen LogP contribution in [0.1, 0.15) is 0 Å². The molecule has 0 unspecified atom stereocenters. The molecule has 0 spiro atoms. The van der Waals surface area contributed by atoms with E-state index in [2.05, 4.69) is 4.98 Å². The Balaban J connectivity index is 3.37. The maximum absolute atomic E-state index is 10.9. The summed E-state index contributed by atoms with van der Waals surface area (Å²) >= 11 is 0. The molecule has 4 N–H and O–H groups in total. The minimum Gasteiger partial charge on any atom is -0.423 e. The zero-order chi connectivity index (χ0) is 10.1. The van der Waals surface area contributed by atoms with E-state index in [1.165, 1.54) is 6.20 Å². The van der Waals surface area contributed by atoms with Crippen molar-refractivity contribution in [3.8, 4) is 0 Å². The monoisotopic (exact) mass is 202 g/mol. The summed E-state index contributed by atoms with van der Waals surface area (Å²) in [4.78, 5) is 3.20. The van der Waals surface area contributed by atoms with Crippen molar-refractivity contribution >= 4 is 22.6 Å². The van der Waals surface area contributed by atoms with Gasteiger partial charge in [0.05, 0.1) is 4.90 Å². The Morgan fingerprint density at radius 3 is 2.46 bits per heavy atom. The lowest BCUT2D eigenvalue weighted by Gasteiger charge is -2.04. The number of pyridine rings is 1. The molecule has 0 radical (unpaired) electrons. The lowest BCUT2D eigenvalue weighted by atomic mass is 9.82.